The van der Waals surface area contributed by atoms with E-state index in [0.29, 0.717) is 11.7 Å². The molecule has 0 radical (unpaired) electrons. The molecular formula is C12H13N3OS. The fourth-order valence-electron chi connectivity index (χ4n) is 1.45. The molecule has 0 aliphatic heterocycles. The van der Waals surface area contributed by atoms with Gasteiger partial charge in [0.25, 0.3) is 0 Å². The van der Waals surface area contributed by atoms with Crippen LogP contribution in [0.2, 0.25) is 0 Å². The van der Waals surface area contributed by atoms with Crippen molar-refractivity contribution in [1.82, 2.24) is 14.8 Å². The van der Waals surface area contributed by atoms with Gasteiger partial charge in [-0.3, -0.25) is 4.57 Å². The second-order valence-corrected chi connectivity index (χ2v) is 4.47. The molecule has 0 saturated carbocycles. The Hall–Kier alpha value is -1.75. The molecule has 1 aromatic heterocycles. The highest BCUT2D eigenvalue weighted by molar-refractivity contribution is 7.99. The topological polar surface area (TPSA) is 50.7 Å². The molecule has 1 N–H and O–H groups in total. The van der Waals surface area contributed by atoms with E-state index in [2.05, 4.69) is 16.8 Å². The number of hydrogen-bond donors (Lipinski definition) is 1. The highest BCUT2D eigenvalue weighted by Crippen LogP contribution is 2.14. The van der Waals surface area contributed by atoms with Gasteiger partial charge in [0.15, 0.2) is 5.16 Å². The minimum Gasteiger partial charge on any atom is -0.266 e. The number of hydrogen-bond acceptors (Lipinski definition) is 3. The van der Waals surface area contributed by atoms with E-state index >= 15 is 0 Å². The normalized spacial score (nSPS) is 10.4. The highest BCUT2D eigenvalue weighted by Gasteiger charge is 2.08. The van der Waals surface area contributed by atoms with Gasteiger partial charge in [0, 0.05) is 5.75 Å². The largest absolute Gasteiger partial charge is 0.344 e. The second-order valence-electron chi connectivity index (χ2n) is 3.48. The first kappa shape index (κ1) is 11.7. The third-order valence-corrected chi connectivity index (χ3v) is 3.21. The minimum atomic E-state index is -0.180. The number of H-pyrrole nitrogens is 1. The summed E-state index contributed by atoms with van der Waals surface area (Å²) in [6, 6.07) is 9.84. The van der Waals surface area contributed by atoms with Crippen LogP contribution in [-0.4, -0.2) is 20.5 Å². The molecule has 0 amide bonds. The standard InChI is InChI=1S/C12H13N3OS/c1-2-8-17-12-14-13-11(16)15(12)9-10-6-4-3-5-7-10/h2-7H,1,8-9H2,(H,13,16). The Morgan fingerprint density at radius 2 is 2.18 bits per heavy atom. The smallest absolute Gasteiger partial charge is 0.266 e. The summed E-state index contributed by atoms with van der Waals surface area (Å²) in [6.45, 7) is 4.19. The zero-order valence-electron chi connectivity index (χ0n) is 9.30. The highest BCUT2D eigenvalue weighted by atomic mass is 32.2. The molecule has 1 aromatic carbocycles. The number of thioether (sulfide) groups is 1. The van der Waals surface area contributed by atoms with E-state index < -0.39 is 0 Å². The Morgan fingerprint density at radius 3 is 2.88 bits per heavy atom. The molecule has 0 unspecified atom stereocenters. The molecule has 0 fully saturated rings. The Labute approximate surface area is 103 Å². The van der Waals surface area contributed by atoms with Crippen molar-refractivity contribution in [2.45, 2.75) is 11.7 Å². The third-order valence-electron chi connectivity index (χ3n) is 2.24. The van der Waals surface area contributed by atoms with Crippen LogP contribution in [0.15, 0.2) is 52.9 Å². The minimum absolute atomic E-state index is 0.180. The molecule has 0 atom stereocenters. The van der Waals surface area contributed by atoms with Crippen molar-refractivity contribution in [2.24, 2.45) is 0 Å². The lowest BCUT2D eigenvalue weighted by molar-refractivity contribution is 0.687. The summed E-state index contributed by atoms with van der Waals surface area (Å²) >= 11 is 1.49. The fourth-order valence-corrected chi connectivity index (χ4v) is 2.13. The zero-order valence-corrected chi connectivity index (χ0v) is 10.1. The van der Waals surface area contributed by atoms with Crippen LogP contribution < -0.4 is 5.69 Å². The Morgan fingerprint density at radius 1 is 1.41 bits per heavy atom. The van der Waals surface area contributed by atoms with Crippen molar-refractivity contribution in [3.05, 3.63) is 59.0 Å². The predicted octanol–water partition coefficient (Wildman–Crippen LogP) is 1.90. The van der Waals surface area contributed by atoms with E-state index in [-0.39, 0.29) is 5.69 Å². The van der Waals surface area contributed by atoms with Gasteiger partial charge in [-0.1, -0.05) is 48.2 Å². The van der Waals surface area contributed by atoms with E-state index in [4.69, 9.17) is 0 Å². The first-order valence-corrected chi connectivity index (χ1v) is 6.22. The quantitative estimate of drug-likeness (QED) is 0.648. The Kier molecular flexibility index (Phi) is 3.82. The van der Waals surface area contributed by atoms with Crippen LogP contribution >= 0.6 is 11.8 Å². The maximum atomic E-state index is 11.6. The summed E-state index contributed by atoms with van der Waals surface area (Å²) < 4.78 is 1.63. The average molecular weight is 247 g/mol. The third kappa shape index (κ3) is 2.88. The molecule has 2 aromatic rings. The lowest BCUT2D eigenvalue weighted by Gasteiger charge is -2.04. The molecule has 0 aliphatic rings. The molecule has 0 aliphatic carbocycles. The van der Waals surface area contributed by atoms with Crippen LogP contribution in [0, 0.1) is 0 Å². The molecule has 1 heterocycles. The fraction of sp³-hybridized carbons (Fsp3) is 0.167. The molecule has 4 nitrogen and oxygen atoms in total. The van der Waals surface area contributed by atoms with Crippen LogP contribution in [-0.2, 0) is 6.54 Å². The van der Waals surface area contributed by atoms with Crippen molar-refractivity contribution in [1.29, 1.82) is 0 Å². The molecule has 5 heteroatoms. The number of rotatable bonds is 5. The molecular weight excluding hydrogens is 234 g/mol. The molecule has 88 valence electrons. The van der Waals surface area contributed by atoms with E-state index in [1.165, 1.54) is 11.8 Å². The van der Waals surface area contributed by atoms with Crippen molar-refractivity contribution in [3.63, 3.8) is 0 Å². The summed E-state index contributed by atoms with van der Waals surface area (Å²) in [4.78, 5) is 11.6. The number of aromatic amines is 1. The first-order valence-electron chi connectivity index (χ1n) is 5.24. The van der Waals surface area contributed by atoms with Gasteiger partial charge in [-0.2, -0.15) is 0 Å². The van der Waals surface area contributed by atoms with Gasteiger partial charge in [0.2, 0.25) is 0 Å². The van der Waals surface area contributed by atoms with Crippen molar-refractivity contribution in [3.8, 4) is 0 Å². The molecule has 0 bridgehead atoms. The van der Waals surface area contributed by atoms with E-state index in [9.17, 15) is 4.79 Å². The summed E-state index contributed by atoms with van der Waals surface area (Å²) in [5.74, 6) is 0.735. The average Bonchev–Trinajstić information content (AvgIpc) is 2.70. The molecule has 17 heavy (non-hydrogen) atoms. The molecule has 0 saturated heterocycles. The van der Waals surface area contributed by atoms with Gasteiger partial charge in [0.05, 0.1) is 6.54 Å². The van der Waals surface area contributed by atoms with Crippen LogP contribution in [0.1, 0.15) is 5.56 Å². The van der Waals surface area contributed by atoms with Gasteiger partial charge >= 0.3 is 5.69 Å². The van der Waals surface area contributed by atoms with E-state index in [1.807, 2.05) is 30.3 Å². The van der Waals surface area contributed by atoms with Crippen LogP contribution in [0.3, 0.4) is 0 Å². The summed E-state index contributed by atoms with van der Waals surface area (Å²) in [5, 5.41) is 7.15. The SMILES string of the molecule is C=CCSc1n[nH]c(=O)n1Cc1ccccc1. The number of benzene rings is 1. The Bertz CT molecular complexity index is 544. The maximum Gasteiger partial charge on any atom is 0.344 e. The van der Waals surface area contributed by atoms with Gasteiger partial charge in [-0.25, -0.2) is 9.89 Å². The lowest BCUT2D eigenvalue weighted by atomic mass is 10.2. The van der Waals surface area contributed by atoms with Crippen LogP contribution in [0.4, 0.5) is 0 Å². The summed E-state index contributed by atoms with van der Waals surface area (Å²) in [5.41, 5.74) is 0.900. The number of nitrogens with one attached hydrogen (secondary N) is 1. The summed E-state index contributed by atoms with van der Waals surface area (Å²) in [6.07, 6.45) is 1.79. The molecule has 0 spiro atoms. The lowest BCUT2D eigenvalue weighted by Crippen LogP contribution is -2.18. The van der Waals surface area contributed by atoms with Crippen LogP contribution in [0.5, 0.6) is 0 Å². The monoisotopic (exact) mass is 247 g/mol. The molecule has 2 rings (SSSR count). The van der Waals surface area contributed by atoms with Gasteiger partial charge < -0.3 is 0 Å². The van der Waals surface area contributed by atoms with Crippen molar-refractivity contribution >= 4 is 11.8 Å². The number of aromatic nitrogens is 3. The zero-order chi connectivity index (χ0) is 12.1. The van der Waals surface area contributed by atoms with E-state index in [1.54, 1.807) is 10.6 Å². The van der Waals surface area contributed by atoms with Gasteiger partial charge in [0.1, 0.15) is 0 Å². The van der Waals surface area contributed by atoms with E-state index in [0.717, 1.165) is 11.3 Å². The summed E-state index contributed by atoms with van der Waals surface area (Å²) in [7, 11) is 0. The van der Waals surface area contributed by atoms with Crippen molar-refractivity contribution in [2.75, 3.05) is 5.75 Å². The van der Waals surface area contributed by atoms with Crippen LogP contribution in [0.25, 0.3) is 0 Å². The Balaban J connectivity index is 2.22. The second kappa shape index (κ2) is 5.54. The van der Waals surface area contributed by atoms with Gasteiger partial charge in [-0.15, -0.1) is 11.7 Å². The van der Waals surface area contributed by atoms with Crippen molar-refractivity contribution < 1.29 is 0 Å². The van der Waals surface area contributed by atoms with Gasteiger partial charge in [-0.05, 0) is 5.56 Å². The maximum absolute atomic E-state index is 11.6. The predicted molar refractivity (Wildman–Crippen MR) is 69.3 cm³/mol. The first-order chi connectivity index (χ1) is 8.31. The number of nitrogens with zero attached hydrogens (tertiary/aromatic N) is 2.